The molecule has 0 radical (unpaired) electrons. The van der Waals surface area contributed by atoms with E-state index >= 15 is 0 Å². The van der Waals surface area contributed by atoms with Crippen molar-refractivity contribution >= 4 is 5.69 Å². The van der Waals surface area contributed by atoms with Crippen LogP contribution < -0.4 is 14.5 Å². The fourth-order valence-electron chi connectivity index (χ4n) is 4.24. The number of benzene rings is 1. The van der Waals surface area contributed by atoms with Crippen molar-refractivity contribution < 1.29 is 14.1 Å². The molecule has 8 heteroatoms. The molecule has 0 unspecified atom stereocenters. The van der Waals surface area contributed by atoms with Gasteiger partial charge in [-0.2, -0.15) is 0 Å². The summed E-state index contributed by atoms with van der Waals surface area (Å²) in [4.78, 5) is 3.99. The second-order valence-corrected chi connectivity index (χ2v) is 8.30. The molecular formula is C22H31N6O2+. The molecule has 30 heavy (non-hydrogen) atoms. The van der Waals surface area contributed by atoms with Gasteiger partial charge in [0.15, 0.2) is 0 Å². The number of furan rings is 1. The average Bonchev–Trinajstić information content (AvgIpc) is 3.45. The molecule has 0 saturated carbocycles. The zero-order chi connectivity index (χ0) is 20.9. The SMILES string of the molecule is COc1ccc(N2CC[NH+]([C@H](CC(C)C)c3nnnn3Cc3ccco3)CC2)cc1. The van der Waals surface area contributed by atoms with Gasteiger partial charge in [-0.1, -0.05) is 13.8 Å². The van der Waals surface area contributed by atoms with Crippen LogP contribution in [0.2, 0.25) is 0 Å². The first-order chi connectivity index (χ1) is 14.6. The highest BCUT2D eigenvalue weighted by molar-refractivity contribution is 5.49. The van der Waals surface area contributed by atoms with E-state index in [0.29, 0.717) is 12.5 Å². The molecule has 1 aromatic carbocycles. The molecule has 0 aliphatic carbocycles. The van der Waals surface area contributed by atoms with Crippen LogP contribution in [-0.4, -0.2) is 53.5 Å². The molecule has 160 valence electrons. The van der Waals surface area contributed by atoms with Crippen LogP contribution in [0.25, 0.3) is 0 Å². The summed E-state index contributed by atoms with van der Waals surface area (Å²) in [6.07, 6.45) is 2.74. The summed E-state index contributed by atoms with van der Waals surface area (Å²) in [5.74, 6) is 3.28. The molecule has 1 saturated heterocycles. The molecule has 1 atom stereocenters. The Bertz CT molecular complexity index is 898. The van der Waals surface area contributed by atoms with Crippen molar-refractivity contribution in [3.05, 3.63) is 54.2 Å². The van der Waals surface area contributed by atoms with Crippen molar-refractivity contribution in [3.63, 3.8) is 0 Å². The Morgan fingerprint density at radius 3 is 2.53 bits per heavy atom. The second-order valence-electron chi connectivity index (χ2n) is 8.30. The molecule has 2 aromatic heterocycles. The number of nitrogens with one attached hydrogen (secondary N) is 1. The third kappa shape index (κ3) is 4.64. The Kier molecular flexibility index (Phi) is 6.32. The monoisotopic (exact) mass is 411 g/mol. The number of anilines is 1. The third-order valence-electron chi connectivity index (χ3n) is 5.80. The van der Waals surface area contributed by atoms with Crippen LogP contribution in [-0.2, 0) is 6.54 Å². The summed E-state index contributed by atoms with van der Waals surface area (Å²) in [5, 5.41) is 12.7. The number of aromatic nitrogens is 4. The molecule has 0 spiro atoms. The number of methoxy groups -OCH3 is 1. The average molecular weight is 412 g/mol. The highest BCUT2D eigenvalue weighted by Crippen LogP contribution is 2.21. The van der Waals surface area contributed by atoms with Gasteiger partial charge in [0.2, 0.25) is 5.82 Å². The summed E-state index contributed by atoms with van der Waals surface area (Å²) in [6.45, 7) is 9.22. The molecular weight excluding hydrogens is 380 g/mol. The third-order valence-corrected chi connectivity index (χ3v) is 5.80. The van der Waals surface area contributed by atoms with Gasteiger partial charge in [0, 0.05) is 12.1 Å². The Labute approximate surface area is 177 Å². The number of ether oxygens (including phenoxy) is 1. The van der Waals surface area contributed by atoms with Crippen LogP contribution in [0.1, 0.15) is 37.9 Å². The molecule has 0 bridgehead atoms. The van der Waals surface area contributed by atoms with Crippen LogP contribution in [0, 0.1) is 5.92 Å². The Morgan fingerprint density at radius 2 is 1.90 bits per heavy atom. The minimum absolute atomic E-state index is 0.271. The lowest BCUT2D eigenvalue weighted by atomic mass is 10.0. The molecule has 8 nitrogen and oxygen atoms in total. The smallest absolute Gasteiger partial charge is 0.209 e. The topological polar surface area (TPSA) is 73.7 Å². The fraction of sp³-hybridized carbons (Fsp3) is 0.500. The van der Waals surface area contributed by atoms with Crippen LogP contribution in [0.3, 0.4) is 0 Å². The molecule has 1 N–H and O–H groups in total. The van der Waals surface area contributed by atoms with E-state index in [0.717, 1.165) is 49.9 Å². The molecule has 3 aromatic rings. The predicted octanol–water partition coefficient (Wildman–Crippen LogP) is 1.82. The standard InChI is InChI=1S/C22H30N6O2/c1-17(2)15-21(22-23-24-25-28(22)16-20-5-4-14-30-20)27-12-10-26(11-13-27)18-6-8-19(29-3)9-7-18/h4-9,14,17,21H,10-13,15-16H2,1-3H3/p+1/t21-/m1/s1. The Balaban J connectivity index is 1.47. The summed E-state index contributed by atoms with van der Waals surface area (Å²) in [7, 11) is 1.70. The van der Waals surface area contributed by atoms with E-state index in [1.54, 1.807) is 18.3 Å². The fourth-order valence-corrected chi connectivity index (χ4v) is 4.24. The van der Waals surface area contributed by atoms with Crippen LogP contribution in [0.5, 0.6) is 5.75 Å². The van der Waals surface area contributed by atoms with Gasteiger partial charge in [0.1, 0.15) is 24.1 Å². The quantitative estimate of drug-likeness (QED) is 0.610. The Morgan fingerprint density at radius 1 is 1.13 bits per heavy atom. The van der Waals surface area contributed by atoms with Crippen LogP contribution >= 0.6 is 0 Å². The minimum Gasteiger partial charge on any atom is -0.497 e. The van der Waals surface area contributed by atoms with Gasteiger partial charge in [-0.25, -0.2) is 4.68 Å². The normalized spacial score (nSPS) is 16.2. The van der Waals surface area contributed by atoms with Crippen molar-refractivity contribution in [2.45, 2.75) is 32.9 Å². The molecule has 1 aliphatic rings. The lowest BCUT2D eigenvalue weighted by Gasteiger charge is -2.37. The lowest BCUT2D eigenvalue weighted by molar-refractivity contribution is -0.934. The first kappa shape index (κ1) is 20.4. The van der Waals surface area contributed by atoms with E-state index in [1.165, 1.54) is 5.69 Å². The summed E-state index contributed by atoms with van der Waals surface area (Å²) < 4.78 is 12.7. The number of piperazine rings is 1. The first-order valence-electron chi connectivity index (χ1n) is 10.7. The van der Waals surface area contributed by atoms with Crippen LogP contribution in [0.4, 0.5) is 5.69 Å². The number of tetrazole rings is 1. The van der Waals surface area contributed by atoms with Gasteiger partial charge >= 0.3 is 0 Å². The molecule has 1 aliphatic heterocycles. The molecule has 1 fully saturated rings. The lowest BCUT2D eigenvalue weighted by Crippen LogP contribution is -3.15. The summed E-state index contributed by atoms with van der Waals surface area (Å²) >= 11 is 0. The Hall–Kier alpha value is -2.87. The first-order valence-corrected chi connectivity index (χ1v) is 10.7. The van der Waals surface area contributed by atoms with E-state index in [4.69, 9.17) is 9.15 Å². The van der Waals surface area contributed by atoms with Crippen molar-refractivity contribution in [1.29, 1.82) is 0 Å². The van der Waals surface area contributed by atoms with E-state index in [-0.39, 0.29) is 6.04 Å². The van der Waals surface area contributed by atoms with Crippen molar-refractivity contribution in [2.24, 2.45) is 5.92 Å². The van der Waals surface area contributed by atoms with E-state index in [2.05, 4.69) is 46.4 Å². The van der Waals surface area contributed by atoms with Gasteiger partial charge in [-0.05, 0) is 52.7 Å². The number of quaternary nitrogens is 1. The van der Waals surface area contributed by atoms with Crippen molar-refractivity contribution in [3.8, 4) is 5.75 Å². The van der Waals surface area contributed by atoms with Crippen molar-refractivity contribution in [2.75, 3.05) is 38.2 Å². The minimum atomic E-state index is 0.271. The molecule has 3 heterocycles. The maximum absolute atomic E-state index is 5.51. The number of nitrogens with zero attached hydrogens (tertiary/aromatic N) is 5. The zero-order valence-corrected chi connectivity index (χ0v) is 18.0. The molecule has 4 rings (SSSR count). The highest BCUT2D eigenvalue weighted by atomic mass is 16.5. The van der Waals surface area contributed by atoms with Crippen LogP contribution in [0.15, 0.2) is 47.1 Å². The largest absolute Gasteiger partial charge is 0.497 e. The maximum atomic E-state index is 5.51. The molecule has 0 amide bonds. The number of hydrogen-bond donors (Lipinski definition) is 1. The zero-order valence-electron chi connectivity index (χ0n) is 18.0. The van der Waals surface area contributed by atoms with E-state index < -0.39 is 0 Å². The maximum Gasteiger partial charge on any atom is 0.209 e. The van der Waals surface area contributed by atoms with Gasteiger partial charge in [-0.15, -0.1) is 5.10 Å². The van der Waals surface area contributed by atoms with Gasteiger partial charge in [0.05, 0.1) is 39.6 Å². The van der Waals surface area contributed by atoms with Crippen molar-refractivity contribution in [1.82, 2.24) is 20.2 Å². The highest BCUT2D eigenvalue weighted by Gasteiger charge is 2.33. The number of hydrogen-bond acceptors (Lipinski definition) is 6. The summed E-state index contributed by atoms with van der Waals surface area (Å²) in [6, 6.07) is 12.5. The summed E-state index contributed by atoms with van der Waals surface area (Å²) in [5.41, 5.74) is 1.25. The van der Waals surface area contributed by atoms with Gasteiger partial charge in [0.25, 0.3) is 0 Å². The van der Waals surface area contributed by atoms with Gasteiger partial charge in [-0.3, -0.25) is 0 Å². The van der Waals surface area contributed by atoms with E-state index in [1.807, 2.05) is 28.9 Å². The second kappa shape index (κ2) is 9.30. The number of rotatable bonds is 8. The van der Waals surface area contributed by atoms with E-state index in [9.17, 15) is 0 Å². The predicted molar refractivity (Wildman–Crippen MR) is 114 cm³/mol. The van der Waals surface area contributed by atoms with Gasteiger partial charge < -0.3 is 19.0 Å².